The van der Waals surface area contributed by atoms with E-state index in [9.17, 15) is 32.9 Å². The molecule has 0 spiro atoms. The quantitative estimate of drug-likeness (QED) is 0.354. The normalized spacial score (nSPS) is 11.6. The lowest BCUT2D eigenvalue weighted by Crippen LogP contribution is -2.30. The Morgan fingerprint density at radius 3 is 2.48 bits per heavy atom. The highest BCUT2D eigenvalue weighted by molar-refractivity contribution is 6.31. The lowest BCUT2D eigenvalue weighted by atomic mass is 10.2. The van der Waals surface area contributed by atoms with Crippen molar-refractivity contribution in [2.75, 3.05) is 5.32 Å². The number of benzene rings is 2. The maximum absolute atomic E-state index is 13.6. The van der Waals surface area contributed by atoms with E-state index < -0.39 is 57.3 Å². The highest BCUT2D eigenvalue weighted by Crippen LogP contribution is 2.24. The molecule has 2 aromatic rings. The molecule has 27 heavy (non-hydrogen) atoms. The molecular weight excluding hydrogens is 393 g/mol. The van der Waals surface area contributed by atoms with Crippen LogP contribution in [0.1, 0.15) is 17.3 Å². The predicted octanol–water partition coefficient (Wildman–Crippen LogP) is 3.85. The minimum absolute atomic E-state index is 0.0218. The van der Waals surface area contributed by atoms with Gasteiger partial charge in [-0.2, -0.15) is 0 Å². The van der Waals surface area contributed by atoms with Crippen molar-refractivity contribution < 1.29 is 32.4 Å². The van der Waals surface area contributed by atoms with E-state index >= 15 is 0 Å². The largest absolute Gasteiger partial charge is 0.449 e. The van der Waals surface area contributed by atoms with E-state index in [4.69, 9.17) is 16.3 Å². The van der Waals surface area contributed by atoms with Crippen LogP contribution in [0.15, 0.2) is 30.3 Å². The van der Waals surface area contributed by atoms with Gasteiger partial charge in [0.15, 0.2) is 23.6 Å². The first kappa shape index (κ1) is 20.2. The van der Waals surface area contributed by atoms with E-state index in [1.165, 1.54) is 6.07 Å². The average molecular weight is 403 g/mol. The van der Waals surface area contributed by atoms with Crippen LogP contribution in [0.5, 0.6) is 0 Å². The molecule has 1 amide bonds. The fourth-order valence-corrected chi connectivity index (χ4v) is 2.14. The van der Waals surface area contributed by atoms with Crippen LogP contribution in [0.3, 0.4) is 0 Å². The lowest BCUT2D eigenvalue weighted by Gasteiger charge is -2.14. The molecule has 0 bridgehead atoms. The van der Waals surface area contributed by atoms with Crippen LogP contribution in [0.25, 0.3) is 0 Å². The molecule has 2 rings (SSSR count). The van der Waals surface area contributed by atoms with Crippen LogP contribution in [-0.2, 0) is 9.53 Å². The predicted molar refractivity (Wildman–Crippen MR) is 87.9 cm³/mol. The van der Waals surface area contributed by atoms with Gasteiger partial charge < -0.3 is 10.1 Å². The number of nitrogens with zero attached hydrogens (tertiary/aromatic N) is 1. The summed E-state index contributed by atoms with van der Waals surface area (Å²) in [6.07, 6.45) is -1.54. The van der Waals surface area contributed by atoms with E-state index in [0.29, 0.717) is 6.07 Å². The number of carbonyl (C=O) groups is 2. The van der Waals surface area contributed by atoms with E-state index in [1.807, 2.05) is 5.32 Å². The summed E-state index contributed by atoms with van der Waals surface area (Å²) in [6.45, 7) is 1.10. The average Bonchev–Trinajstić information content (AvgIpc) is 2.61. The third kappa shape index (κ3) is 4.53. The molecule has 11 heteroatoms. The zero-order chi connectivity index (χ0) is 20.3. The van der Waals surface area contributed by atoms with Crippen LogP contribution in [0, 0.1) is 27.6 Å². The molecule has 142 valence electrons. The van der Waals surface area contributed by atoms with E-state index in [-0.39, 0.29) is 5.02 Å². The van der Waals surface area contributed by atoms with Crippen LogP contribution in [0.2, 0.25) is 5.02 Å². The maximum Gasteiger partial charge on any atom is 0.345 e. The number of amides is 1. The molecule has 0 saturated carbocycles. The summed E-state index contributed by atoms with van der Waals surface area (Å²) in [4.78, 5) is 34.2. The number of ether oxygens (including phenoxy) is 1. The number of hydrogen-bond donors (Lipinski definition) is 1. The van der Waals surface area contributed by atoms with Gasteiger partial charge in [-0.25, -0.2) is 18.0 Å². The van der Waals surface area contributed by atoms with Crippen molar-refractivity contribution in [1.29, 1.82) is 0 Å². The first-order valence-corrected chi connectivity index (χ1v) is 7.59. The molecule has 0 aliphatic carbocycles. The minimum Gasteiger partial charge on any atom is -0.449 e. The van der Waals surface area contributed by atoms with Gasteiger partial charge in [0.25, 0.3) is 11.6 Å². The fraction of sp³-hybridized carbons (Fsp3) is 0.125. The number of rotatable bonds is 5. The van der Waals surface area contributed by atoms with Crippen LogP contribution >= 0.6 is 11.6 Å². The second kappa shape index (κ2) is 8.04. The number of nitro benzene ring substituents is 1. The third-order valence-electron chi connectivity index (χ3n) is 3.32. The Morgan fingerprint density at radius 1 is 1.19 bits per heavy atom. The minimum atomic E-state index is -1.79. The van der Waals surface area contributed by atoms with Crippen molar-refractivity contribution in [3.8, 4) is 0 Å². The van der Waals surface area contributed by atoms with Gasteiger partial charge in [0.05, 0.1) is 10.6 Å². The summed E-state index contributed by atoms with van der Waals surface area (Å²) in [7, 11) is 0. The summed E-state index contributed by atoms with van der Waals surface area (Å²) in [5.74, 6) is -7.16. The second-order valence-corrected chi connectivity index (χ2v) is 5.61. The number of hydrogen-bond acceptors (Lipinski definition) is 5. The van der Waals surface area contributed by atoms with Gasteiger partial charge in [0.2, 0.25) is 0 Å². The van der Waals surface area contributed by atoms with Crippen molar-refractivity contribution in [2.45, 2.75) is 13.0 Å². The monoisotopic (exact) mass is 402 g/mol. The van der Waals surface area contributed by atoms with Gasteiger partial charge in [-0.05, 0) is 31.2 Å². The second-order valence-electron chi connectivity index (χ2n) is 5.18. The van der Waals surface area contributed by atoms with Crippen molar-refractivity contribution in [3.63, 3.8) is 0 Å². The Labute approximate surface area is 154 Å². The fourth-order valence-electron chi connectivity index (χ4n) is 1.97. The van der Waals surface area contributed by atoms with Crippen molar-refractivity contribution in [1.82, 2.24) is 0 Å². The standard InChI is InChI=1S/C16H10ClF3N2O5/c1-7(15(23)21-11-4-3-10(18)13(19)14(11)20)27-16(24)9-6-8(17)2-5-12(9)22(25)26/h2-7H,1H3,(H,21,23)/t7-/m1/s1. The number of halogens is 4. The molecule has 2 aromatic carbocycles. The Balaban J connectivity index is 2.15. The molecular formula is C16H10ClF3N2O5. The van der Waals surface area contributed by atoms with E-state index in [0.717, 1.165) is 25.1 Å². The molecule has 0 radical (unpaired) electrons. The number of nitrogens with one attached hydrogen (secondary N) is 1. The van der Waals surface area contributed by atoms with Crippen molar-refractivity contribution in [2.24, 2.45) is 0 Å². The molecule has 0 heterocycles. The topological polar surface area (TPSA) is 98.5 Å². The summed E-state index contributed by atoms with van der Waals surface area (Å²) >= 11 is 5.70. The molecule has 0 aliphatic heterocycles. The molecule has 0 saturated heterocycles. The number of nitro groups is 1. The van der Waals surface area contributed by atoms with Gasteiger partial charge in [0.1, 0.15) is 5.56 Å². The van der Waals surface area contributed by atoms with E-state index in [1.54, 1.807) is 0 Å². The van der Waals surface area contributed by atoms with Gasteiger partial charge >= 0.3 is 5.97 Å². The van der Waals surface area contributed by atoms with Gasteiger partial charge in [0, 0.05) is 11.1 Å². The van der Waals surface area contributed by atoms with Crippen LogP contribution < -0.4 is 5.32 Å². The van der Waals surface area contributed by atoms with Crippen molar-refractivity contribution in [3.05, 3.63) is 68.5 Å². The number of esters is 1. The molecule has 1 atom stereocenters. The van der Waals surface area contributed by atoms with Crippen molar-refractivity contribution >= 4 is 34.9 Å². The first-order valence-electron chi connectivity index (χ1n) is 7.21. The molecule has 1 N–H and O–H groups in total. The highest BCUT2D eigenvalue weighted by Gasteiger charge is 2.26. The Morgan fingerprint density at radius 2 is 1.85 bits per heavy atom. The summed E-state index contributed by atoms with van der Waals surface area (Å²) in [6, 6.07) is 4.54. The van der Waals surface area contributed by atoms with Crippen LogP contribution in [0.4, 0.5) is 24.5 Å². The molecule has 0 aliphatic rings. The number of anilines is 1. The summed E-state index contributed by atoms with van der Waals surface area (Å²) < 4.78 is 44.4. The summed E-state index contributed by atoms with van der Waals surface area (Å²) in [5, 5.41) is 12.9. The third-order valence-corrected chi connectivity index (χ3v) is 3.56. The molecule has 0 aromatic heterocycles. The van der Waals surface area contributed by atoms with Gasteiger partial charge in [-0.3, -0.25) is 14.9 Å². The highest BCUT2D eigenvalue weighted by atomic mass is 35.5. The summed E-state index contributed by atoms with van der Waals surface area (Å²) in [5.41, 5.74) is -1.76. The number of carbonyl (C=O) groups excluding carboxylic acids is 2. The molecule has 0 unspecified atom stereocenters. The SMILES string of the molecule is C[C@@H](OC(=O)c1cc(Cl)ccc1[N+](=O)[O-])C(=O)Nc1ccc(F)c(F)c1F. The maximum atomic E-state index is 13.6. The smallest absolute Gasteiger partial charge is 0.345 e. The van der Waals surface area contributed by atoms with Crippen LogP contribution in [-0.4, -0.2) is 22.9 Å². The Hall–Kier alpha value is -3.14. The zero-order valence-electron chi connectivity index (χ0n) is 13.5. The lowest BCUT2D eigenvalue weighted by molar-refractivity contribution is -0.385. The van der Waals surface area contributed by atoms with Gasteiger partial charge in [-0.1, -0.05) is 11.6 Å². The first-order chi connectivity index (χ1) is 12.6. The Kier molecular flexibility index (Phi) is 6.01. The Bertz CT molecular complexity index is 939. The molecule has 7 nitrogen and oxygen atoms in total. The molecule has 0 fully saturated rings. The zero-order valence-corrected chi connectivity index (χ0v) is 14.2. The van der Waals surface area contributed by atoms with E-state index in [2.05, 4.69) is 0 Å². The van der Waals surface area contributed by atoms with Gasteiger partial charge in [-0.15, -0.1) is 0 Å².